The Labute approximate surface area is 179 Å². The summed E-state index contributed by atoms with van der Waals surface area (Å²) in [6.45, 7) is 9.34. The van der Waals surface area contributed by atoms with Crippen molar-refractivity contribution in [1.82, 2.24) is 4.90 Å². The summed E-state index contributed by atoms with van der Waals surface area (Å²) in [6, 6.07) is 10.6. The van der Waals surface area contributed by atoms with Gasteiger partial charge >= 0.3 is 5.97 Å². The summed E-state index contributed by atoms with van der Waals surface area (Å²) in [7, 11) is 0. The van der Waals surface area contributed by atoms with Crippen LogP contribution in [0, 0.1) is 17.8 Å². The van der Waals surface area contributed by atoms with E-state index in [0.717, 1.165) is 52.0 Å². The molecule has 3 saturated heterocycles. The highest BCUT2D eigenvalue weighted by Crippen LogP contribution is 2.67. The van der Waals surface area contributed by atoms with Crippen molar-refractivity contribution in [3.8, 4) is 0 Å². The Bertz CT molecular complexity index is 878. The van der Waals surface area contributed by atoms with Gasteiger partial charge in [-0.25, -0.2) is 0 Å². The minimum atomic E-state index is -0.104. The van der Waals surface area contributed by atoms with Crippen LogP contribution in [0.5, 0.6) is 0 Å². The van der Waals surface area contributed by atoms with Crippen LogP contribution in [-0.2, 0) is 14.3 Å². The number of esters is 1. The predicted octanol–water partition coefficient (Wildman–Crippen LogP) is 3.25. The van der Waals surface area contributed by atoms with Gasteiger partial charge in [0, 0.05) is 50.2 Å². The first-order valence-corrected chi connectivity index (χ1v) is 11.6. The smallest absolute Gasteiger partial charge is 0.310 e. The molecule has 30 heavy (non-hydrogen) atoms. The lowest BCUT2D eigenvalue weighted by atomic mass is 9.77. The topological polar surface area (TPSA) is 45.3 Å². The quantitative estimate of drug-likeness (QED) is 0.436. The molecule has 2 aliphatic carbocycles. The van der Waals surface area contributed by atoms with E-state index in [-0.39, 0.29) is 35.1 Å². The van der Waals surface area contributed by atoms with Gasteiger partial charge in [0.05, 0.1) is 11.5 Å². The second kappa shape index (κ2) is 6.57. The number of epoxide rings is 1. The minimum Gasteiger partial charge on any atom is -0.461 e. The number of carbonyl (C=O) groups excluding carboxylic acids is 1. The number of rotatable bonds is 3. The van der Waals surface area contributed by atoms with Crippen LogP contribution in [0.4, 0.5) is 5.69 Å². The molecule has 3 heterocycles. The Kier molecular flexibility index (Phi) is 4.14. The molecular formula is C25H32N2O3. The standard InChI is InChI=1S/C25H32N2O3/c1-17-8-11-25-21(17)22-19(9-10-24(25,2)30-25)20(23(28)29-22)16-26-12-14-27(15-13-26)18-6-4-3-5-7-18/h3-8,19-22H,9-16H2,1-2H3/t19-,20+,21+,22-,24+,25-/m0/s1. The molecule has 1 aromatic carbocycles. The zero-order valence-electron chi connectivity index (χ0n) is 18.0. The second-order valence-corrected chi connectivity index (χ2v) is 10.2. The van der Waals surface area contributed by atoms with Crippen LogP contribution in [0.15, 0.2) is 42.0 Å². The van der Waals surface area contributed by atoms with Crippen LogP contribution in [0.1, 0.15) is 33.1 Å². The second-order valence-electron chi connectivity index (χ2n) is 10.2. The maximum atomic E-state index is 13.0. The first kappa shape index (κ1) is 18.9. The largest absolute Gasteiger partial charge is 0.461 e. The summed E-state index contributed by atoms with van der Waals surface area (Å²) in [6.07, 6.45) is 5.37. The number of carbonyl (C=O) groups is 1. The third-order valence-corrected chi connectivity index (χ3v) is 8.71. The Morgan fingerprint density at radius 3 is 2.67 bits per heavy atom. The Morgan fingerprint density at radius 2 is 1.90 bits per heavy atom. The van der Waals surface area contributed by atoms with E-state index in [2.05, 4.69) is 60.1 Å². The van der Waals surface area contributed by atoms with Crippen molar-refractivity contribution in [2.45, 2.75) is 50.4 Å². The molecule has 5 heteroatoms. The molecule has 5 nitrogen and oxygen atoms in total. The van der Waals surface area contributed by atoms with E-state index >= 15 is 0 Å². The average Bonchev–Trinajstić information content (AvgIpc) is 3.07. The van der Waals surface area contributed by atoms with E-state index < -0.39 is 0 Å². The molecule has 1 saturated carbocycles. The highest BCUT2D eigenvalue weighted by Gasteiger charge is 2.75. The van der Waals surface area contributed by atoms with Crippen molar-refractivity contribution in [1.29, 1.82) is 0 Å². The summed E-state index contributed by atoms with van der Waals surface area (Å²) in [5, 5.41) is 0. The van der Waals surface area contributed by atoms with Gasteiger partial charge in [0.25, 0.3) is 0 Å². The van der Waals surface area contributed by atoms with Crippen molar-refractivity contribution < 1.29 is 14.3 Å². The van der Waals surface area contributed by atoms with Crippen LogP contribution < -0.4 is 4.90 Å². The molecule has 1 spiro atoms. The van der Waals surface area contributed by atoms with Crippen molar-refractivity contribution in [3.05, 3.63) is 42.0 Å². The van der Waals surface area contributed by atoms with Crippen LogP contribution >= 0.6 is 0 Å². The van der Waals surface area contributed by atoms with E-state index in [1.807, 2.05) is 0 Å². The number of anilines is 1. The van der Waals surface area contributed by atoms with Crippen LogP contribution in [0.25, 0.3) is 0 Å². The third-order valence-electron chi connectivity index (χ3n) is 8.71. The van der Waals surface area contributed by atoms with E-state index in [0.29, 0.717) is 5.92 Å². The zero-order valence-corrected chi connectivity index (χ0v) is 18.0. The zero-order chi connectivity index (χ0) is 20.5. The SMILES string of the molecule is CC1=CC[C@@]23O[C@]2(C)CC[C@@H]2[C@H](OC(=O)[C@@H]2CN2CCN(c4ccccc4)CC2)[C@@H]13. The van der Waals surface area contributed by atoms with Crippen molar-refractivity contribution in [2.24, 2.45) is 17.8 Å². The lowest BCUT2D eigenvalue weighted by Gasteiger charge is -2.37. The number of para-hydroxylation sites is 1. The fourth-order valence-corrected chi connectivity index (χ4v) is 6.90. The minimum absolute atomic E-state index is 0.00353. The number of piperazine rings is 1. The molecule has 5 aliphatic rings. The molecule has 4 fully saturated rings. The van der Waals surface area contributed by atoms with Gasteiger partial charge in [0.15, 0.2) is 0 Å². The average molecular weight is 409 g/mol. The van der Waals surface area contributed by atoms with Crippen molar-refractivity contribution >= 4 is 11.7 Å². The molecule has 1 aromatic rings. The number of nitrogens with zero attached hydrogens (tertiary/aromatic N) is 2. The maximum absolute atomic E-state index is 13.0. The maximum Gasteiger partial charge on any atom is 0.310 e. The van der Waals surface area contributed by atoms with E-state index in [1.54, 1.807) is 0 Å². The third kappa shape index (κ3) is 2.64. The van der Waals surface area contributed by atoms with E-state index in [1.165, 1.54) is 11.3 Å². The lowest BCUT2D eigenvalue weighted by Crippen LogP contribution is -2.49. The number of ether oxygens (including phenoxy) is 2. The molecule has 6 rings (SSSR count). The molecule has 6 atom stereocenters. The van der Waals surface area contributed by atoms with Crippen molar-refractivity contribution in [2.75, 3.05) is 37.6 Å². The van der Waals surface area contributed by atoms with Crippen LogP contribution in [-0.4, -0.2) is 60.9 Å². The van der Waals surface area contributed by atoms with Gasteiger partial charge in [0.1, 0.15) is 11.7 Å². The summed E-state index contributed by atoms with van der Waals surface area (Å²) >= 11 is 0. The summed E-state index contributed by atoms with van der Waals surface area (Å²) in [5.74, 6) is 0.597. The molecule has 0 unspecified atom stereocenters. The summed E-state index contributed by atoms with van der Waals surface area (Å²) < 4.78 is 12.5. The van der Waals surface area contributed by atoms with Gasteiger partial charge in [-0.05, 0) is 45.2 Å². The van der Waals surface area contributed by atoms with Gasteiger partial charge in [-0.1, -0.05) is 29.8 Å². The fraction of sp³-hybridized carbons (Fsp3) is 0.640. The van der Waals surface area contributed by atoms with Crippen molar-refractivity contribution in [3.63, 3.8) is 0 Å². The van der Waals surface area contributed by atoms with Gasteiger partial charge in [0.2, 0.25) is 0 Å². The molecule has 160 valence electrons. The molecular weight excluding hydrogens is 376 g/mol. The fourth-order valence-electron chi connectivity index (χ4n) is 6.90. The first-order valence-electron chi connectivity index (χ1n) is 11.6. The molecule has 0 aromatic heterocycles. The van der Waals surface area contributed by atoms with Crippen LogP contribution in [0.2, 0.25) is 0 Å². The summed E-state index contributed by atoms with van der Waals surface area (Å²) in [5.41, 5.74) is 2.52. The highest BCUT2D eigenvalue weighted by molar-refractivity contribution is 5.76. The summed E-state index contributed by atoms with van der Waals surface area (Å²) in [4.78, 5) is 17.9. The van der Waals surface area contributed by atoms with Gasteiger partial charge in [-0.3, -0.25) is 9.69 Å². The Hall–Kier alpha value is -1.85. The number of hydrogen-bond acceptors (Lipinski definition) is 5. The first-order chi connectivity index (χ1) is 14.5. The molecule has 0 radical (unpaired) electrons. The number of benzene rings is 1. The van der Waals surface area contributed by atoms with Gasteiger partial charge in [-0.2, -0.15) is 0 Å². The highest BCUT2D eigenvalue weighted by atomic mass is 16.6. The number of hydrogen-bond donors (Lipinski definition) is 0. The molecule has 0 amide bonds. The molecule has 0 N–H and O–H groups in total. The lowest BCUT2D eigenvalue weighted by molar-refractivity contribution is -0.146. The van der Waals surface area contributed by atoms with E-state index in [9.17, 15) is 4.79 Å². The van der Waals surface area contributed by atoms with Gasteiger partial charge in [-0.15, -0.1) is 0 Å². The van der Waals surface area contributed by atoms with Gasteiger partial charge < -0.3 is 14.4 Å². The van der Waals surface area contributed by atoms with E-state index in [4.69, 9.17) is 9.47 Å². The Morgan fingerprint density at radius 1 is 1.13 bits per heavy atom. The van der Waals surface area contributed by atoms with Crippen LogP contribution in [0.3, 0.4) is 0 Å². The molecule has 0 bridgehead atoms. The Balaban J connectivity index is 1.15. The molecule has 3 aliphatic heterocycles. The normalized spacial score (nSPS) is 42.7. The predicted molar refractivity (Wildman–Crippen MR) is 115 cm³/mol. The monoisotopic (exact) mass is 408 g/mol. The number of fused-ring (bicyclic) bond motifs is 2.